The van der Waals surface area contributed by atoms with Gasteiger partial charge in [-0.25, -0.2) is 4.39 Å². The molecule has 1 N–H and O–H groups in total. The third-order valence-corrected chi connectivity index (χ3v) is 3.74. The zero-order valence-corrected chi connectivity index (χ0v) is 17.3. The number of allylic oxidation sites excluding steroid dienone is 1. The number of carbonyl (C=O) groups excluding carboxylic acids is 1. The Balaban J connectivity index is 1.67. The van der Waals surface area contributed by atoms with Crippen LogP contribution in [0.5, 0.6) is 11.8 Å². The van der Waals surface area contributed by atoms with E-state index in [1.807, 2.05) is 0 Å². The lowest BCUT2D eigenvalue weighted by atomic mass is 10.2. The predicted molar refractivity (Wildman–Crippen MR) is 99.2 cm³/mol. The number of alkyl halides is 6. The number of nitrogens with one attached hydrogen (secondary N) is 1. The van der Waals surface area contributed by atoms with Crippen LogP contribution >= 0.6 is 0 Å². The Morgan fingerprint density at radius 1 is 1.09 bits per heavy atom. The molecule has 0 spiro atoms. The fraction of sp³-hybridized carbons (Fsp3) is 0.421. The standard InChI is InChI=1S/C19H18F7N3O5/c1-11(2-5-16-28-29-17(34-16)32-7-6-31-10-18(21,22)23)27-15(30)9-33-12-3-4-13(14(20)8-12)19(24,25)26/h3-4,8H,1-2,5-7,9-10H2,(H,27,30). The number of ether oxygens (including phenoxy) is 3. The average molecular weight is 501 g/mol. The van der Waals surface area contributed by atoms with Crippen molar-refractivity contribution >= 4 is 5.91 Å². The van der Waals surface area contributed by atoms with E-state index in [0.29, 0.717) is 12.1 Å². The summed E-state index contributed by atoms with van der Waals surface area (Å²) in [5, 5.41) is 9.57. The molecule has 34 heavy (non-hydrogen) atoms. The van der Waals surface area contributed by atoms with Crippen LogP contribution < -0.4 is 14.8 Å². The number of nitrogens with zero attached hydrogens (tertiary/aromatic N) is 2. The molecule has 1 heterocycles. The molecule has 0 bridgehead atoms. The SMILES string of the molecule is C=C(CCc1nnc(OCCOCC(F)(F)F)o1)NC(=O)COc1ccc(C(F)(F)F)c(F)c1. The second kappa shape index (κ2) is 11.7. The van der Waals surface area contributed by atoms with Crippen molar-refractivity contribution in [3.8, 4) is 11.8 Å². The van der Waals surface area contributed by atoms with E-state index in [2.05, 4.69) is 26.8 Å². The minimum Gasteiger partial charge on any atom is -0.484 e. The largest absolute Gasteiger partial charge is 0.484 e. The van der Waals surface area contributed by atoms with Crippen LogP contribution in [0.2, 0.25) is 0 Å². The molecule has 2 aromatic rings. The molecule has 1 aromatic heterocycles. The number of benzene rings is 1. The summed E-state index contributed by atoms with van der Waals surface area (Å²) in [6.07, 6.45) is -9.30. The minimum atomic E-state index is -4.85. The van der Waals surface area contributed by atoms with E-state index in [-0.39, 0.29) is 49.5 Å². The summed E-state index contributed by atoms with van der Waals surface area (Å²) in [5.74, 6) is -2.41. The number of rotatable bonds is 12. The topological polar surface area (TPSA) is 95.7 Å². The fourth-order valence-electron chi connectivity index (χ4n) is 2.29. The van der Waals surface area contributed by atoms with Crippen LogP contribution in [-0.2, 0) is 22.1 Å². The fourth-order valence-corrected chi connectivity index (χ4v) is 2.29. The van der Waals surface area contributed by atoms with Crippen molar-refractivity contribution in [3.05, 3.63) is 47.7 Å². The second-order valence-corrected chi connectivity index (χ2v) is 6.56. The molecule has 15 heteroatoms. The van der Waals surface area contributed by atoms with Gasteiger partial charge in [0, 0.05) is 18.2 Å². The molecule has 0 radical (unpaired) electrons. The predicted octanol–water partition coefficient (Wildman–Crippen LogP) is 3.83. The number of hydrogen-bond acceptors (Lipinski definition) is 7. The number of hydrogen-bond donors (Lipinski definition) is 1. The summed E-state index contributed by atoms with van der Waals surface area (Å²) < 4.78 is 106. The quantitative estimate of drug-likeness (QED) is 0.349. The Morgan fingerprint density at radius 2 is 1.82 bits per heavy atom. The van der Waals surface area contributed by atoms with Crippen LogP contribution in [0.15, 0.2) is 34.9 Å². The Kier molecular flexibility index (Phi) is 9.23. The van der Waals surface area contributed by atoms with Crippen LogP contribution in [0.25, 0.3) is 0 Å². The maximum atomic E-state index is 13.5. The molecule has 0 aliphatic carbocycles. The number of carbonyl (C=O) groups is 1. The van der Waals surface area contributed by atoms with Gasteiger partial charge in [0.25, 0.3) is 5.91 Å². The van der Waals surface area contributed by atoms with E-state index < -0.39 is 42.9 Å². The minimum absolute atomic E-state index is 0.0955. The summed E-state index contributed by atoms with van der Waals surface area (Å²) in [4.78, 5) is 11.9. The lowest BCUT2D eigenvalue weighted by Crippen LogP contribution is -2.28. The normalized spacial score (nSPS) is 11.9. The highest BCUT2D eigenvalue weighted by Gasteiger charge is 2.34. The van der Waals surface area contributed by atoms with Crippen molar-refractivity contribution in [2.24, 2.45) is 0 Å². The molecule has 0 aliphatic heterocycles. The van der Waals surface area contributed by atoms with Crippen molar-refractivity contribution in [3.63, 3.8) is 0 Å². The van der Waals surface area contributed by atoms with E-state index in [0.717, 1.165) is 6.07 Å². The summed E-state index contributed by atoms with van der Waals surface area (Å²) in [6, 6.07) is 1.90. The molecule has 188 valence electrons. The van der Waals surface area contributed by atoms with Gasteiger partial charge in [-0.2, -0.15) is 26.3 Å². The van der Waals surface area contributed by atoms with Gasteiger partial charge in [-0.15, -0.1) is 5.10 Å². The molecule has 0 aliphatic rings. The van der Waals surface area contributed by atoms with Gasteiger partial charge in [-0.05, 0) is 18.6 Å². The van der Waals surface area contributed by atoms with Gasteiger partial charge in [0.2, 0.25) is 5.89 Å². The Hall–Kier alpha value is -3.36. The third-order valence-electron chi connectivity index (χ3n) is 3.74. The lowest BCUT2D eigenvalue weighted by molar-refractivity contribution is -0.175. The first-order valence-electron chi connectivity index (χ1n) is 9.40. The molecular weight excluding hydrogens is 483 g/mol. The van der Waals surface area contributed by atoms with Crippen LogP contribution in [-0.4, -0.2) is 48.7 Å². The van der Waals surface area contributed by atoms with Gasteiger partial charge in [0.05, 0.1) is 12.2 Å². The summed E-state index contributed by atoms with van der Waals surface area (Å²) >= 11 is 0. The van der Waals surface area contributed by atoms with Gasteiger partial charge >= 0.3 is 18.4 Å². The molecule has 0 atom stereocenters. The van der Waals surface area contributed by atoms with E-state index in [9.17, 15) is 35.5 Å². The van der Waals surface area contributed by atoms with Crippen molar-refractivity contribution in [2.45, 2.75) is 25.2 Å². The van der Waals surface area contributed by atoms with Crippen molar-refractivity contribution in [1.29, 1.82) is 0 Å². The molecule has 1 amide bonds. The first-order chi connectivity index (χ1) is 15.8. The van der Waals surface area contributed by atoms with Gasteiger partial charge in [-0.1, -0.05) is 11.7 Å². The zero-order chi connectivity index (χ0) is 25.4. The highest BCUT2D eigenvalue weighted by molar-refractivity contribution is 5.79. The molecule has 1 aromatic carbocycles. The number of amides is 1. The smallest absolute Gasteiger partial charge is 0.419 e. The van der Waals surface area contributed by atoms with Crippen LogP contribution in [0.4, 0.5) is 30.7 Å². The molecular formula is C19H18F7N3O5. The maximum absolute atomic E-state index is 13.5. The van der Waals surface area contributed by atoms with E-state index in [4.69, 9.17) is 13.9 Å². The number of aryl methyl sites for hydroxylation is 1. The first kappa shape index (κ1) is 26.9. The molecule has 0 saturated carbocycles. The number of halogens is 7. The molecule has 0 fully saturated rings. The Labute approximate surface area is 187 Å². The first-order valence-corrected chi connectivity index (χ1v) is 9.40. The Morgan fingerprint density at radius 3 is 2.47 bits per heavy atom. The average Bonchev–Trinajstić information content (AvgIpc) is 3.16. The van der Waals surface area contributed by atoms with Gasteiger partial charge in [-0.3, -0.25) is 4.79 Å². The molecule has 0 unspecified atom stereocenters. The van der Waals surface area contributed by atoms with E-state index in [1.54, 1.807) is 0 Å². The highest BCUT2D eigenvalue weighted by atomic mass is 19.4. The van der Waals surface area contributed by atoms with E-state index in [1.165, 1.54) is 0 Å². The summed E-state index contributed by atoms with van der Waals surface area (Å²) in [6.45, 7) is 0.996. The van der Waals surface area contributed by atoms with Crippen molar-refractivity contribution < 1.29 is 54.2 Å². The van der Waals surface area contributed by atoms with Gasteiger partial charge in [0.1, 0.15) is 24.8 Å². The molecule has 8 nitrogen and oxygen atoms in total. The third kappa shape index (κ3) is 9.64. The number of aromatic nitrogens is 2. The van der Waals surface area contributed by atoms with E-state index >= 15 is 0 Å². The van der Waals surface area contributed by atoms with Gasteiger partial charge in [0.15, 0.2) is 6.61 Å². The highest BCUT2D eigenvalue weighted by Crippen LogP contribution is 2.32. The van der Waals surface area contributed by atoms with Crippen LogP contribution in [0.1, 0.15) is 17.9 Å². The van der Waals surface area contributed by atoms with Crippen molar-refractivity contribution in [1.82, 2.24) is 15.5 Å². The van der Waals surface area contributed by atoms with Crippen molar-refractivity contribution in [2.75, 3.05) is 26.4 Å². The monoisotopic (exact) mass is 501 g/mol. The summed E-state index contributed by atoms with van der Waals surface area (Å²) in [7, 11) is 0. The maximum Gasteiger partial charge on any atom is 0.419 e. The van der Waals surface area contributed by atoms with Crippen LogP contribution in [0, 0.1) is 5.82 Å². The van der Waals surface area contributed by atoms with Gasteiger partial charge < -0.3 is 23.9 Å². The Bertz CT molecular complexity index is 976. The second-order valence-electron chi connectivity index (χ2n) is 6.56. The zero-order valence-electron chi connectivity index (χ0n) is 17.3. The molecule has 2 rings (SSSR count). The molecule has 0 saturated heterocycles. The summed E-state index contributed by atoms with van der Waals surface area (Å²) in [5.41, 5.74) is -1.24. The lowest BCUT2D eigenvalue weighted by Gasteiger charge is -2.11. The van der Waals surface area contributed by atoms with Crippen LogP contribution in [0.3, 0.4) is 0 Å².